The maximum Gasteiger partial charge on any atom is 0.243 e. The molecule has 0 spiro atoms. The predicted molar refractivity (Wildman–Crippen MR) is 114 cm³/mol. The number of nitrogens with zero attached hydrogens (tertiary/aromatic N) is 3. The van der Waals surface area contributed by atoms with Crippen LogP contribution >= 0.6 is 0 Å². The van der Waals surface area contributed by atoms with Crippen molar-refractivity contribution in [2.45, 2.75) is 31.1 Å². The topological polar surface area (TPSA) is 75.2 Å². The fraction of sp³-hybridized carbons (Fsp3) is 0.273. The van der Waals surface area contributed by atoms with Crippen molar-refractivity contribution in [2.75, 3.05) is 18.4 Å². The first-order valence-corrected chi connectivity index (χ1v) is 11.3. The van der Waals surface area contributed by atoms with Gasteiger partial charge < -0.3 is 5.32 Å². The molecule has 1 aromatic carbocycles. The molecule has 4 rings (SSSR count). The zero-order valence-electron chi connectivity index (χ0n) is 17.1. The number of benzene rings is 1. The number of anilines is 2. The van der Waals surface area contributed by atoms with Crippen LogP contribution < -0.4 is 5.32 Å². The van der Waals surface area contributed by atoms with E-state index in [2.05, 4.69) is 15.3 Å². The van der Waals surface area contributed by atoms with Crippen LogP contribution in [-0.2, 0) is 10.0 Å². The molecule has 1 aliphatic heterocycles. The Bertz CT molecular complexity index is 1220. The third kappa shape index (κ3) is 4.57. The van der Waals surface area contributed by atoms with Gasteiger partial charge in [0.05, 0.1) is 11.1 Å². The van der Waals surface area contributed by atoms with Crippen LogP contribution in [0.5, 0.6) is 0 Å². The highest BCUT2D eigenvalue weighted by atomic mass is 32.2. The summed E-state index contributed by atoms with van der Waals surface area (Å²) in [4.78, 5) is 8.54. The molecule has 2 aromatic heterocycles. The minimum Gasteiger partial charge on any atom is -0.340 e. The minimum atomic E-state index is -3.79. The third-order valence-corrected chi connectivity index (χ3v) is 7.18. The Morgan fingerprint density at radius 1 is 1.10 bits per heavy atom. The highest BCUT2D eigenvalue weighted by Gasteiger charge is 2.34. The van der Waals surface area contributed by atoms with Crippen LogP contribution in [0.1, 0.15) is 29.3 Å². The smallest absolute Gasteiger partial charge is 0.243 e. The van der Waals surface area contributed by atoms with Crippen molar-refractivity contribution in [2.24, 2.45) is 0 Å². The molecular weight excluding hydrogens is 422 g/mol. The van der Waals surface area contributed by atoms with Gasteiger partial charge in [0.1, 0.15) is 17.5 Å². The van der Waals surface area contributed by atoms with E-state index >= 15 is 0 Å². The Balaban J connectivity index is 1.54. The van der Waals surface area contributed by atoms with E-state index in [1.54, 1.807) is 6.92 Å². The van der Waals surface area contributed by atoms with Crippen LogP contribution in [0.25, 0.3) is 0 Å². The van der Waals surface area contributed by atoms with E-state index < -0.39 is 21.7 Å². The van der Waals surface area contributed by atoms with Crippen LogP contribution in [-0.4, -0.2) is 35.8 Å². The van der Waals surface area contributed by atoms with Gasteiger partial charge in [0.15, 0.2) is 0 Å². The Hall–Kier alpha value is -2.91. The van der Waals surface area contributed by atoms with Gasteiger partial charge >= 0.3 is 0 Å². The van der Waals surface area contributed by atoms with Crippen molar-refractivity contribution in [1.29, 1.82) is 0 Å². The standard InChI is InChI=1S/C22H22F2N4O2S/c1-14-3-5-19(11-20(14)24)31(29,30)28-8-7-16(13-28)21-10-18(9-15(2)26-21)27-22-6-4-17(23)12-25-22/h3-6,9-12,16H,7-8,13H2,1-2H3,(H,25,26,27)/t16-/m0/s1. The number of aryl methyl sites for hydroxylation is 2. The molecular formula is C22H22F2N4O2S. The molecule has 1 aliphatic rings. The number of rotatable bonds is 5. The molecule has 31 heavy (non-hydrogen) atoms. The molecule has 0 radical (unpaired) electrons. The van der Waals surface area contributed by atoms with E-state index in [0.717, 1.165) is 29.3 Å². The maximum atomic E-state index is 13.9. The largest absolute Gasteiger partial charge is 0.340 e. The first-order chi connectivity index (χ1) is 14.7. The molecule has 3 aromatic rings. The molecule has 0 saturated carbocycles. The van der Waals surface area contributed by atoms with E-state index in [9.17, 15) is 17.2 Å². The number of sulfonamides is 1. The van der Waals surface area contributed by atoms with Crippen LogP contribution in [0.15, 0.2) is 53.6 Å². The summed E-state index contributed by atoms with van der Waals surface area (Å²) in [7, 11) is -3.79. The summed E-state index contributed by atoms with van der Waals surface area (Å²) in [6, 6.07) is 10.5. The van der Waals surface area contributed by atoms with Crippen molar-refractivity contribution in [3.05, 3.63) is 77.2 Å². The fourth-order valence-corrected chi connectivity index (χ4v) is 5.16. The lowest BCUT2D eigenvalue weighted by Crippen LogP contribution is -2.28. The Labute approximate surface area is 180 Å². The van der Waals surface area contributed by atoms with Gasteiger partial charge in [-0.15, -0.1) is 0 Å². The third-order valence-electron chi connectivity index (χ3n) is 5.32. The molecule has 3 heterocycles. The quantitative estimate of drug-likeness (QED) is 0.635. The van der Waals surface area contributed by atoms with Gasteiger partial charge in [-0.05, 0) is 62.2 Å². The van der Waals surface area contributed by atoms with Crippen LogP contribution in [0, 0.1) is 25.5 Å². The summed E-state index contributed by atoms with van der Waals surface area (Å²) in [5.41, 5.74) is 2.67. The molecule has 1 N–H and O–H groups in total. The van der Waals surface area contributed by atoms with Gasteiger partial charge in [-0.25, -0.2) is 22.2 Å². The van der Waals surface area contributed by atoms with Gasteiger partial charge in [-0.3, -0.25) is 4.98 Å². The first kappa shape index (κ1) is 21.3. The number of hydrogen-bond acceptors (Lipinski definition) is 5. The lowest BCUT2D eigenvalue weighted by Gasteiger charge is -2.17. The molecule has 1 fully saturated rings. The van der Waals surface area contributed by atoms with E-state index in [-0.39, 0.29) is 17.4 Å². The lowest BCUT2D eigenvalue weighted by atomic mass is 10.0. The average molecular weight is 445 g/mol. The summed E-state index contributed by atoms with van der Waals surface area (Å²) in [5, 5.41) is 3.12. The van der Waals surface area contributed by atoms with Crippen molar-refractivity contribution in [3.63, 3.8) is 0 Å². The van der Waals surface area contributed by atoms with Crippen molar-refractivity contribution >= 4 is 21.5 Å². The Morgan fingerprint density at radius 2 is 1.90 bits per heavy atom. The number of pyridine rings is 2. The van der Waals surface area contributed by atoms with Crippen LogP contribution in [0.4, 0.5) is 20.3 Å². The monoisotopic (exact) mass is 444 g/mol. The summed E-state index contributed by atoms with van der Waals surface area (Å²) in [5.74, 6) is -0.554. The molecule has 6 nitrogen and oxygen atoms in total. The van der Waals surface area contributed by atoms with Gasteiger partial charge in [0.25, 0.3) is 0 Å². The Kier molecular flexibility index (Phi) is 5.72. The average Bonchev–Trinajstić information content (AvgIpc) is 3.22. The van der Waals surface area contributed by atoms with Crippen LogP contribution in [0.3, 0.4) is 0 Å². The number of aromatic nitrogens is 2. The number of hydrogen-bond donors (Lipinski definition) is 1. The SMILES string of the molecule is Cc1cc(Nc2ccc(F)cn2)cc([C@H]2CCN(S(=O)(=O)c3ccc(C)c(F)c3)C2)n1. The molecule has 9 heteroatoms. The molecule has 0 amide bonds. The Morgan fingerprint density at radius 3 is 2.61 bits per heavy atom. The lowest BCUT2D eigenvalue weighted by molar-refractivity contribution is 0.471. The van der Waals surface area contributed by atoms with Crippen molar-refractivity contribution in [3.8, 4) is 0 Å². The first-order valence-electron chi connectivity index (χ1n) is 9.86. The second-order valence-electron chi connectivity index (χ2n) is 7.67. The second-order valence-corrected chi connectivity index (χ2v) is 9.61. The zero-order chi connectivity index (χ0) is 22.2. The summed E-state index contributed by atoms with van der Waals surface area (Å²) in [6.07, 6.45) is 1.74. The molecule has 0 bridgehead atoms. The summed E-state index contributed by atoms with van der Waals surface area (Å²) in [6.45, 7) is 4.04. The fourth-order valence-electron chi connectivity index (χ4n) is 3.64. The molecule has 162 valence electrons. The molecule has 1 saturated heterocycles. The van der Waals surface area contributed by atoms with Gasteiger partial charge in [0.2, 0.25) is 10.0 Å². The predicted octanol–water partition coefficient (Wildman–Crippen LogP) is 4.29. The normalized spacial score (nSPS) is 17.1. The van der Waals surface area contributed by atoms with E-state index in [0.29, 0.717) is 24.3 Å². The molecule has 1 atom stereocenters. The summed E-state index contributed by atoms with van der Waals surface area (Å²) >= 11 is 0. The van der Waals surface area contributed by atoms with Gasteiger partial charge in [0, 0.05) is 36.1 Å². The molecule has 0 unspecified atom stereocenters. The highest BCUT2D eigenvalue weighted by Crippen LogP contribution is 2.32. The number of halogens is 2. The van der Waals surface area contributed by atoms with E-state index in [1.807, 2.05) is 19.1 Å². The zero-order valence-corrected chi connectivity index (χ0v) is 18.0. The summed E-state index contributed by atoms with van der Waals surface area (Å²) < 4.78 is 54.3. The number of nitrogens with one attached hydrogen (secondary N) is 1. The highest BCUT2D eigenvalue weighted by molar-refractivity contribution is 7.89. The van der Waals surface area contributed by atoms with Gasteiger partial charge in [-0.1, -0.05) is 6.07 Å². The van der Waals surface area contributed by atoms with Crippen molar-refractivity contribution < 1.29 is 17.2 Å². The maximum absolute atomic E-state index is 13.9. The van der Waals surface area contributed by atoms with Crippen LogP contribution in [0.2, 0.25) is 0 Å². The molecule has 0 aliphatic carbocycles. The van der Waals surface area contributed by atoms with Crippen molar-refractivity contribution in [1.82, 2.24) is 14.3 Å². The van der Waals surface area contributed by atoms with E-state index in [4.69, 9.17) is 0 Å². The van der Waals surface area contributed by atoms with E-state index in [1.165, 1.54) is 28.6 Å². The second kappa shape index (κ2) is 8.32. The van der Waals surface area contributed by atoms with Gasteiger partial charge in [-0.2, -0.15) is 4.31 Å². The minimum absolute atomic E-state index is 0.0433.